The number of fused-ring (bicyclic) bond motifs is 1. The Kier molecular flexibility index (Phi) is 6.97. The van der Waals surface area contributed by atoms with Crippen molar-refractivity contribution < 1.29 is 18.0 Å². The number of alkyl halides is 3. The van der Waals surface area contributed by atoms with Crippen LogP contribution in [0.3, 0.4) is 0 Å². The van der Waals surface area contributed by atoms with Gasteiger partial charge in [0.25, 0.3) is 0 Å². The average molecular weight is 349 g/mol. The van der Waals surface area contributed by atoms with Gasteiger partial charge in [0.15, 0.2) is 0 Å². The first kappa shape index (κ1) is 20.5. The molecule has 0 radical (unpaired) electrons. The molecule has 0 saturated heterocycles. The van der Waals surface area contributed by atoms with Crippen LogP contribution in [0.25, 0.3) is 16.6 Å². The highest BCUT2D eigenvalue weighted by atomic mass is 19.4. The third kappa shape index (κ3) is 4.72. The summed E-state index contributed by atoms with van der Waals surface area (Å²) >= 11 is 0. The van der Waals surface area contributed by atoms with Gasteiger partial charge in [0, 0.05) is 28.4 Å². The molecule has 2 aromatic rings. The second kappa shape index (κ2) is 8.51. The van der Waals surface area contributed by atoms with Gasteiger partial charge in [0.05, 0.1) is 5.52 Å². The van der Waals surface area contributed by atoms with Crippen LogP contribution in [0.4, 0.5) is 13.2 Å². The van der Waals surface area contributed by atoms with Crippen molar-refractivity contribution in [1.82, 2.24) is 4.57 Å². The molecular formula is C20H22F3NO. The average Bonchev–Trinajstić information content (AvgIpc) is 2.98. The zero-order chi connectivity index (χ0) is 17.7. The highest BCUT2D eigenvalue weighted by molar-refractivity contribution is 5.90. The van der Waals surface area contributed by atoms with E-state index in [0.29, 0.717) is 17.7 Å². The molecule has 0 aliphatic heterocycles. The fourth-order valence-corrected chi connectivity index (χ4v) is 2.54. The first-order valence-electron chi connectivity index (χ1n) is 7.52. The van der Waals surface area contributed by atoms with Gasteiger partial charge in [0.2, 0.25) is 0 Å². The summed E-state index contributed by atoms with van der Waals surface area (Å²) in [5, 5.41) is 0.827. The van der Waals surface area contributed by atoms with E-state index in [0.717, 1.165) is 17.2 Å². The Balaban J connectivity index is 0.000000730. The van der Waals surface area contributed by atoms with Crippen molar-refractivity contribution in [2.24, 2.45) is 0 Å². The van der Waals surface area contributed by atoms with Gasteiger partial charge in [-0.2, -0.15) is 13.2 Å². The summed E-state index contributed by atoms with van der Waals surface area (Å²) in [7, 11) is 0. The summed E-state index contributed by atoms with van der Waals surface area (Å²) < 4.78 is 40.2. The summed E-state index contributed by atoms with van der Waals surface area (Å²) in [6.07, 6.45) is 3.31. The third-order valence-electron chi connectivity index (χ3n) is 3.58. The van der Waals surface area contributed by atoms with Crippen LogP contribution in [0.1, 0.15) is 37.6 Å². The molecule has 25 heavy (non-hydrogen) atoms. The fraction of sp³-hybridized carbons (Fsp3) is 0.250. The number of carbonyl (C=O) groups is 1. The fourth-order valence-electron chi connectivity index (χ4n) is 2.54. The number of nitrogens with zero attached hydrogens (tertiary/aromatic N) is 1. The van der Waals surface area contributed by atoms with E-state index >= 15 is 0 Å². The van der Waals surface area contributed by atoms with Crippen LogP contribution in [0.15, 0.2) is 60.8 Å². The monoisotopic (exact) mass is 349 g/mol. The number of aldehydes is 1. The highest BCUT2D eigenvalue weighted by Gasteiger charge is 2.34. The molecule has 0 unspecified atom stereocenters. The number of halogens is 3. The Morgan fingerprint density at radius 1 is 1.24 bits per heavy atom. The number of carbonyl (C=O) groups excluding carboxylic acids is 1. The van der Waals surface area contributed by atoms with Gasteiger partial charge in [-0.3, -0.25) is 4.79 Å². The van der Waals surface area contributed by atoms with E-state index in [1.54, 1.807) is 47.2 Å². The van der Waals surface area contributed by atoms with Crippen LogP contribution in [-0.2, 0) is 0 Å². The van der Waals surface area contributed by atoms with Crippen molar-refractivity contribution in [2.45, 2.75) is 33.4 Å². The molecule has 0 spiro atoms. The minimum absolute atomic E-state index is 0. The van der Waals surface area contributed by atoms with Gasteiger partial charge in [-0.25, -0.2) is 0 Å². The topological polar surface area (TPSA) is 22.0 Å². The molecule has 0 amide bonds. The van der Waals surface area contributed by atoms with E-state index in [2.05, 4.69) is 6.58 Å². The van der Waals surface area contributed by atoms with E-state index < -0.39 is 11.7 Å². The molecule has 1 aromatic carbocycles. The molecular weight excluding hydrogens is 327 g/mol. The van der Waals surface area contributed by atoms with E-state index in [-0.39, 0.29) is 13.8 Å². The summed E-state index contributed by atoms with van der Waals surface area (Å²) in [6.45, 7) is 5.25. The maximum atomic E-state index is 12.8. The van der Waals surface area contributed by atoms with E-state index in [9.17, 15) is 18.0 Å². The molecule has 3 rings (SSSR count). The highest BCUT2D eigenvalue weighted by Crippen LogP contribution is 2.35. The second-order valence-corrected chi connectivity index (χ2v) is 5.37. The van der Waals surface area contributed by atoms with Crippen molar-refractivity contribution in [3.05, 3.63) is 66.4 Å². The Morgan fingerprint density at radius 2 is 1.92 bits per heavy atom. The number of rotatable bonds is 2. The van der Waals surface area contributed by atoms with E-state index in [1.807, 2.05) is 6.92 Å². The van der Waals surface area contributed by atoms with Gasteiger partial charge in [-0.05, 0) is 50.1 Å². The molecule has 1 aliphatic rings. The van der Waals surface area contributed by atoms with Gasteiger partial charge in [-0.15, -0.1) is 6.58 Å². The molecule has 5 heteroatoms. The number of allylic oxidation sites excluding steroid dienone is 5. The molecule has 1 heterocycles. The number of hydrogen-bond donors (Lipinski definition) is 0. The first-order valence-corrected chi connectivity index (χ1v) is 7.52. The van der Waals surface area contributed by atoms with Crippen molar-refractivity contribution in [3.8, 4) is 0 Å². The maximum Gasteiger partial charge on any atom is 0.412 e. The van der Waals surface area contributed by atoms with Gasteiger partial charge < -0.3 is 4.57 Å². The molecule has 0 saturated carbocycles. The summed E-state index contributed by atoms with van der Waals surface area (Å²) in [5.41, 5.74) is 1.34. The predicted octanol–water partition coefficient (Wildman–Crippen LogP) is 6.41. The summed E-state index contributed by atoms with van der Waals surface area (Å²) in [4.78, 5) is 10.8. The lowest BCUT2D eigenvalue weighted by Gasteiger charge is -2.17. The van der Waals surface area contributed by atoms with Crippen molar-refractivity contribution >= 4 is 22.9 Å². The smallest absolute Gasteiger partial charge is 0.317 e. The lowest BCUT2D eigenvalue weighted by atomic mass is 10.0. The van der Waals surface area contributed by atoms with E-state index in [1.165, 1.54) is 6.08 Å². The van der Waals surface area contributed by atoms with Gasteiger partial charge in [-0.1, -0.05) is 19.6 Å². The van der Waals surface area contributed by atoms with Crippen molar-refractivity contribution in [3.63, 3.8) is 0 Å². The molecule has 0 atom stereocenters. The Hall–Kier alpha value is -2.56. The van der Waals surface area contributed by atoms with Crippen molar-refractivity contribution in [2.75, 3.05) is 0 Å². The number of hydrogen-bond acceptors (Lipinski definition) is 1. The standard InChI is InChI=1S/C16H12F3NO.C3H6.CH4/c17-16(18,19)13-2-1-3-14(9-13)20-7-6-12-8-11(10-21)4-5-15(12)20;1-3-2;/h3-10H,1-2H2;3H,1H2,2H3;1H4. The second-order valence-electron chi connectivity index (χ2n) is 5.37. The molecule has 134 valence electrons. The zero-order valence-corrected chi connectivity index (χ0v) is 13.3. The van der Waals surface area contributed by atoms with Crippen LogP contribution in [-0.4, -0.2) is 17.0 Å². The summed E-state index contributed by atoms with van der Waals surface area (Å²) in [6, 6.07) is 6.91. The number of aromatic nitrogens is 1. The lowest BCUT2D eigenvalue weighted by Crippen LogP contribution is -2.14. The van der Waals surface area contributed by atoms with Gasteiger partial charge in [0.1, 0.15) is 6.29 Å². The Bertz CT molecular complexity index is 810. The minimum atomic E-state index is -4.28. The Labute approximate surface area is 146 Å². The number of benzene rings is 1. The molecule has 1 aliphatic carbocycles. The van der Waals surface area contributed by atoms with Crippen molar-refractivity contribution in [1.29, 1.82) is 0 Å². The Morgan fingerprint density at radius 3 is 2.52 bits per heavy atom. The van der Waals surface area contributed by atoms with Crippen LogP contribution in [0.5, 0.6) is 0 Å². The quantitative estimate of drug-likeness (QED) is 0.454. The SMILES string of the molecule is C.C=CC.O=Cc1ccc2c(ccn2C2=CCCC(C(F)(F)F)=C2)c1. The molecule has 0 N–H and O–H groups in total. The normalized spacial score (nSPS) is 13.8. The summed E-state index contributed by atoms with van der Waals surface area (Å²) in [5.74, 6) is 0. The molecule has 2 nitrogen and oxygen atoms in total. The molecule has 1 aromatic heterocycles. The largest absolute Gasteiger partial charge is 0.412 e. The zero-order valence-electron chi connectivity index (χ0n) is 13.3. The molecule has 0 bridgehead atoms. The van der Waals surface area contributed by atoms with Crippen LogP contribution in [0, 0.1) is 0 Å². The lowest BCUT2D eigenvalue weighted by molar-refractivity contribution is -0.0940. The van der Waals surface area contributed by atoms with E-state index in [4.69, 9.17) is 0 Å². The minimum Gasteiger partial charge on any atom is -0.317 e. The predicted molar refractivity (Wildman–Crippen MR) is 97.6 cm³/mol. The first-order chi connectivity index (χ1) is 11.4. The molecule has 0 fully saturated rings. The van der Waals surface area contributed by atoms with Crippen LogP contribution in [0.2, 0.25) is 0 Å². The maximum absolute atomic E-state index is 12.8. The third-order valence-corrected chi connectivity index (χ3v) is 3.58. The van der Waals surface area contributed by atoms with Crippen LogP contribution < -0.4 is 0 Å². The van der Waals surface area contributed by atoms with Gasteiger partial charge >= 0.3 is 6.18 Å². The van der Waals surface area contributed by atoms with Crippen LogP contribution >= 0.6 is 0 Å².